The highest BCUT2D eigenvalue weighted by Crippen LogP contribution is 2.11. The van der Waals surface area contributed by atoms with Gasteiger partial charge >= 0.3 is 0 Å². The zero-order chi connectivity index (χ0) is 14.2. The average Bonchev–Trinajstić information content (AvgIpc) is 2.52. The van der Waals surface area contributed by atoms with Gasteiger partial charge in [-0.3, -0.25) is 9.98 Å². The van der Waals surface area contributed by atoms with Gasteiger partial charge in [0.1, 0.15) is 0 Å². The molecule has 0 spiro atoms. The molecule has 0 unspecified atom stereocenters. The van der Waals surface area contributed by atoms with Crippen LogP contribution < -0.4 is 0 Å². The quantitative estimate of drug-likeness (QED) is 0.724. The summed E-state index contributed by atoms with van der Waals surface area (Å²) in [7, 11) is 0. The van der Waals surface area contributed by atoms with E-state index >= 15 is 0 Å². The Morgan fingerprint density at radius 2 is 1.40 bits per heavy atom. The number of hydrogen-bond acceptors (Lipinski definition) is 2. The van der Waals surface area contributed by atoms with Crippen molar-refractivity contribution < 1.29 is 0 Å². The van der Waals surface area contributed by atoms with Crippen LogP contribution >= 0.6 is 0 Å². The highest BCUT2D eigenvalue weighted by Gasteiger charge is 2.12. The minimum atomic E-state index is 0.716. The van der Waals surface area contributed by atoms with E-state index in [1.807, 2.05) is 55.5 Å². The first kappa shape index (κ1) is 13.9. The van der Waals surface area contributed by atoms with Crippen LogP contribution in [0.2, 0.25) is 0 Å². The summed E-state index contributed by atoms with van der Waals surface area (Å²) in [5, 5.41) is 0. The van der Waals surface area contributed by atoms with E-state index in [9.17, 15) is 0 Å². The van der Waals surface area contributed by atoms with Gasteiger partial charge in [0.15, 0.2) is 0 Å². The zero-order valence-corrected chi connectivity index (χ0v) is 11.7. The summed E-state index contributed by atoms with van der Waals surface area (Å²) in [6.07, 6.45) is 1.57. The predicted molar refractivity (Wildman–Crippen MR) is 86.7 cm³/mol. The van der Waals surface area contributed by atoms with E-state index in [0.717, 1.165) is 22.6 Å². The Morgan fingerprint density at radius 3 is 1.85 bits per heavy atom. The molecule has 0 heterocycles. The van der Waals surface area contributed by atoms with Crippen LogP contribution in [-0.4, -0.2) is 18.0 Å². The summed E-state index contributed by atoms with van der Waals surface area (Å²) >= 11 is 0. The van der Waals surface area contributed by atoms with Crippen LogP contribution in [0.5, 0.6) is 0 Å². The van der Waals surface area contributed by atoms with Gasteiger partial charge in [-0.15, -0.1) is 0 Å². The van der Waals surface area contributed by atoms with Crippen molar-refractivity contribution in [2.24, 2.45) is 9.98 Å². The molecule has 2 aromatic carbocycles. The smallest absolute Gasteiger partial charge is 0.0959 e. The molecule has 0 saturated carbocycles. The van der Waals surface area contributed by atoms with Gasteiger partial charge in [-0.25, -0.2) is 0 Å². The third-order valence-electron chi connectivity index (χ3n) is 2.86. The fourth-order valence-corrected chi connectivity index (χ4v) is 2.02. The van der Waals surface area contributed by atoms with Crippen LogP contribution in [0.4, 0.5) is 0 Å². The fraction of sp³-hybridized carbons (Fsp3) is 0.111. The minimum Gasteiger partial charge on any atom is -0.283 e. The maximum absolute atomic E-state index is 4.63. The number of aliphatic imine (C=N–C) groups is 2. The Morgan fingerprint density at radius 1 is 0.900 bits per heavy atom. The summed E-state index contributed by atoms with van der Waals surface area (Å²) in [6, 6.07) is 20.2. The Bertz CT molecular complexity index is 610. The lowest BCUT2D eigenvalue weighted by atomic mass is 9.99. The molecule has 0 saturated heterocycles. The molecular weight excluding hydrogens is 244 g/mol. The highest BCUT2D eigenvalue weighted by atomic mass is 14.8. The van der Waals surface area contributed by atoms with E-state index in [-0.39, 0.29) is 0 Å². The summed E-state index contributed by atoms with van der Waals surface area (Å²) in [4.78, 5) is 9.07. The van der Waals surface area contributed by atoms with Crippen molar-refractivity contribution in [3.63, 3.8) is 0 Å². The van der Waals surface area contributed by atoms with E-state index in [4.69, 9.17) is 0 Å². The van der Waals surface area contributed by atoms with Gasteiger partial charge in [-0.05, 0) is 6.92 Å². The number of hydrogen-bond donors (Lipinski definition) is 0. The summed E-state index contributed by atoms with van der Waals surface area (Å²) in [6.45, 7) is 6.46. The van der Waals surface area contributed by atoms with Crippen molar-refractivity contribution in [3.05, 3.63) is 84.6 Å². The second-order valence-corrected chi connectivity index (χ2v) is 4.22. The molecule has 0 aliphatic rings. The molecule has 2 rings (SSSR count). The molecule has 0 aliphatic heterocycles. The molecule has 0 N–H and O–H groups in total. The second-order valence-electron chi connectivity index (χ2n) is 4.22. The maximum atomic E-state index is 4.63. The Kier molecular flexibility index (Phi) is 5.01. The van der Waals surface area contributed by atoms with Crippen LogP contribution in [0, 0.1) is 0 Å². The highest BCUT2D eigenvalue weighted by molar-refractivity contribution is 6.53. The normalized spacial score (nSPS) is 12.2. The average molecular weight is 262 g/mol. The largest absolute Gasteiger partial charge is 0.283 e. The molecule has 0 atom stereocenters. The Hall–Kier alpha value is -2.48. The minimum absolute atomic E-state index is 0.716. The first-order valence-corrected chi connectivity index (χ1v) is 6.71. The van der Waals surface area contributed by atoms with Gasteiger partial charge in [0.2, 0.25) is 0 Å². The van der Waals surface area contributed by atoms with E-state index in [2.05, 4.69) is 28.7 Å². The van der Waals surface area contributed by atoms with Crippen LogP contribution in [-0.2, 0) is 0 Å². The molecule has 0 aliphatic carbocycles. The molecule has 2 nitrogen and oxygen atoms in total. The molecule has 2 heteroatoms. The van der Waals surface area contributed by atoms with E-state index in [0.29, 0.717) is 6.54 Å². The van der Waals surface area contributed by atoms with Crippen LogP contribution in [0.3, 0.4) is 0 Å². The van der Waals surface area contributed by atoms with Gasteiger partial charge in [0.05, 0.1) is 11.4 Å². The van der Waals surface area contributed by atoms with Crippen molar-refractivity contribution in [1.29, 1.82) is 0 Å². The predicted octanol–water partition coefficient (Wildman–Crippen LogP) is 4.13. The molecule has 0 bridgehead atoms. The third kappa shape index (κ3) is 3.29. The number of benzene rings is 2. The molecule has 0 radical (unpaired) electrons. The molecule has 100 valence electrons. The monoisotopic (exact) mass is 262 g/mol. The molecule has 0 aromatic heterocycles. The third-order valence-corrected chi connectivity index (χ3v) is 2.86. The molecule has 0 fully saturated rings. The standard InChI is InChI=1S/C18H18N2/c1-3-19-17(15-11-7-5-8-12-15)18(20-4-2)16-13-9-6-10-14-16/h3,5-14H,1,4H2,2H3. The van der Waals surface area contributed by atoms with Gasteiger partial charge in [0, 0.05) is 23.9 Å². The molecule has 20 heavy (non-hydrogen) atoms. The van der Waals surface area contributed by atoms with Crippen molar-refractivity contribution in [2.75, 3.05) is 6.54 Å². The first-order chi connectivity index (χ1) is 9.86. The van der Waals surface area contributed by atoms with Gasteiger partial charge in [-0.1, -0.05) is 67.2 Å². The molecular formula is C18H18N2. The van der Waals surface area contributed by atoms with Gasteiger partial charge in [0.25, 0.3) is 0 Å². The first-order valence-electron chi connectivity index (χ1n) is 6.71. The van der Waals surface area contributed by atoms with Crippen LogP contribution in [0.25, 0.3) is 0 Å². The Balaban J connectivity index is 2.54. The van der Waals surface area contributed by atoms with Crippen molar-refractivity contribution in [2.45, 2.75) is 6.92 Å². The summed E-state index contributed by atoms with van der Waals surface area (Å²) in [5.41, 5.74) is 3.87. The zero-order valence-electron chi connectivity index (χ0n) is 11.7. The molecule has 2 aromatic rings. The van der Waals surface area contributed by atoms with Gasteiger partial charge in [-0.2, -0.15) is 0 Å². The fourth-order valence-electron chi connectivity index (χ4n) is 2.02. The lowest BCUT2D eigenvalue weighted by Gasteiger charge is -2.10. The Labute approximate surface area is 120 Å². The van der Waals surface area contributed by atoms with Crippen molar-refractivity contribution in [3.8, 4) is 0 Å². The van der Waals surface area contributed by atoms with Crippen LogP contribution in [0.1, 0.15) is 18.1 Å². The van der Waals surface area contributed by atoms with E-state index in [1.165, 1.54) is 0 Å². The summed E-state index contributed by atoms with van der Waals surface area (Å²) < 4.78 is 0. The lowest BCUT2D eigenvalue weighted by molar-refractivity contribution is 1.13. The SMILES string of the molecule is C=CN=C(C(=NCC)c1ccccc1)c1ccccc1. The maximum Gasteiger partial charge on any atom is 0.0959 e. The van der Waals surface area contributed by atoms with E-state index < -0.39 is 0 Å². The number of nitrogens with zero attached hydrogens (tertiary/aromatic N) is 2. The van der Waals surface area contributed by atoms with Crippen molar-refractivity contribution >= 4 is 11.4 Å². The molecule has 0 amide bonds. The van der Waals surface area contributed by atoms with Crippen molar-refractivity contribution in [1.82, 2.24) is 0 Å². The van der Waals surface area contributed by atoms with Gasteiger partial charge < -0.3 is 0 Å². The number of rotatable bonds is 5. The summed E-state index contributed by atoms with van der Waals surface area (Å²) in [5.74, 6) is 0. The van der Waals surface area contributed by atoms with Crippen LogP contribution in [0.15, 0.2) is 83.4 Å². The lowest BCUT2D eigenvalue weighted by Crippen LogP contribution is -2.17. The topological polar surface area (TPSA) is 24.7 Å². The second kappa shape index (κ2) is 7.19. The van der Waals surface area contributed by atoms with E-state index in [1.54, 1.807) is 6.20 Å².